The summed E-state index contributed by atoms with van der Waals surface area (Å²) in [7, 11) is 0. The Hall–Kier alpha value is -2.07. The highest BCUT2D eigenvalue weighted by molar-refractivity contribution is 6.31. The van der Waals surface area contributed by atoms with Crippen LogP contribution in [0.1, 0.15) is 5.56 Å². The molecule has 3 rings (SSSR count). The summed E-state index contributed by atoms with van der Waals surface area (Å²) < 4.78 is 1.87. The number of aromatic nitrogens is 3. The lowest BCUT2D eigenvalue weighted by Crippen LogP contribution is -1.93. The number of halogens is 1. The van der Waals surface area contributed by atoms with Crippen LogP contribution in [0.3, 0.4) is 0 Å². The van der Waals surface area contributed by atoms with Gasteiger partial charge in [0.1, 0.15) is 0 Å². The van der Waals surface area contributed by atoms with E-state index in [0.29, 0.717) is 5.69 Å². The first-order valence-electron chi connectivity index (χ1n) is 5.52. The Morgan fingerprint density at radius 1 is 1.17 bits per heavy atom. The van der Waals surface area contributed by atoms with Crippen molar-refractivity contribution in [2.24, 2.45) is 0 Å². The summed E-state index contributed by atoms with van der Waals surface area (Å²) in [4.78, 5) is 0. The Labute approximate surface area is 109 Å². The molecule has 0 radical (unpaired) electrons. The largest absolute Gasteiger partial charge is 0.398 e. The third kappa shape index (κ3) is 1.71. The topological polar surface area (TPSA) is 56.2 Å². The molecule has 5 heteroatoms. The van der Waals surface area contributed by atoms with Gasteiger partial charge < -0.3 is 5.73 Å². The minimum Gasteiger partial charge on any atom is -0.398 e. The van der Waals surface area contributed by atoms with E-state index in [1.807, 2.05) is 41.8 Å². The van der Waals surface area contributed by atoms with Gasteiger partial charge in [0.05, 0.1) is 0 Å². The van der Waals surface area contributed by atoms with Gasteiger partial charge >= 0.3 is 0 Å². The third-order valence-corrected chi connectivity index (χ3v) is 3.27. The summed E-state index contributed by atoms with van der Waals surface area (Å²) in [5.74, 6) is 0.761. The van der Waals surface area contributed by atoms with Crippen molar-refractivity contribution < 1.29 is 0 Å². The van der Waals surface area contributed by atoms with Crippen LogP contribution < -0.4 is 5.73 Å². The van der Waals surface area contributed by atoms with Gasteiger partial charge in [-0.1, -0.05) is 11.6 Å². The average Bonchev–Trinajstić information content (AvgIpc) is 2.75. The van der Waals surface area contributed by atoms with E-state index in [1.165, 1.54) is 0 Å². The van der Waals surface area contributed by atoms with Gasteiger partial charge in [-0.15, -0.1) is 10.2 Å². The number of nitrogens with two attached hydrogens (primary N) is 1. The van der Waals surface area contributed by atoms with Gasteiger partial charge in [0.25, 0.3) is 0 Å². The number of pyridine rings is 1. The molecule has 0 spiro atoms. The number of anilines is 1. The maximum absolute atomic E-state index is 6.02. The zero-order valence-corrected chi connectivity index (χ0v) is 10.5. The van der Waals surface area contributed by atoms with Gasteiger partial charge in [-0.3, -0.25) is 4.40 Å². The van der Waals surface area contributed by atoms with E-state index in [1.54, 1.807) is 6.07 Å². The average molecular weight is 259 g/mol. The molecule has 0 bridgehead atoms. The number of fused-ring (bicyclic) bond motifs is 1. The van der Waals surface area contributed by atoms with Crippen LogP contribution in [0.15, 0.2) is 36.5 Å². The minimum absolute atomic E-state index is 0.675. The maximum atomic E-state index is 6.02. The number of hydrogen-bond donors (Lipinski definition) is 1. The summed E-state index contributed by atoms with van der Waals surface area (Å²) in [6.07, 6.45) is 1.81. The molecule has 0 aliphatic carbocycles. The number of nitrogen functional groups attached to an aromatic ring is 1. The molecule has 2 aromatic heterocycles. The molecular formula is C13H11ClN4. The van der Waals surface area contributed by atoms with Crippen molar-refractivity contribution in [2.75, 3.05) is 5.73 Å². The van der Waals surface area contributed by atoms with Crippen molar-refractivity contribution >= 4 is 22.9 Å². The molecule has 90 valence electrons. The van der Waals surface area contributed by atoms with Gasteiger partial charge in [-0.2, -0.15) is 0 Å². The van der Waals surface area contributed by atoms with E-state index < -0.39 is 0 Å². The molecule has 0 atom stereocenters. The Morgan fingerprint density at radius 2 is 2.00 bits per heavy atom. The van der Waals surface area contributed by atoms with Gasteiger partial charge in [-0.25, -0.2) is 0 Å². The Bertz CT molecular complexity index is 733. The van der Waals surface area contributed by atoms with Crippen LogP contribution in [0.25, 0.3) is 17.0 Å². The fourth-order valence-corrected chi connectivity index (χ4v) is 2.01. The fraction of sp³-hybridized carbons (Fsp3) is 0.0769. The smallest absolute Gasteiger partial charge is 0.168 e. The van der Waals surface area contributed by atoms with Gasteiger partial charge in [0, 0.05) is 22.5 Å². The lowest BCUT2D eigenvalue weighted by atomic mass is 10.1. The van der Waals surface area contributed by atoms with Crippen LogP contribution in [-0.2, 0) is 0 Å². The molecule has 1 aromatic carbocycles. The highest BCUT2D eigenvalue weighted by atomic mass is 35.5. The van der Waals surface area contributed by atoms with Crippen LogP contribution >= 0.6 is 11.6 Å². The van der Waals surface area contributed by atoms with E-state index in [-0.39, 0.29) is 0 Å². The molecule has 0 amide bonds. The predicted octanol–water partition coefficient (Wildman–Crippen LogP) is 2.94. The summed E-state index contributed by atoms with van der Waals surface area (Å²) in [5, 5.41) is 9.05. The van der Waals surface area contributed by atoms with Crippen molar-refractivity contribution in [3.63, 3.8) is 0 Å². The number of aryl methyl sites for hydroxylation is 1. The summed E-state index contributed by atoms with van der Waals surface area (Å²) in [5.41, 5.74) is 9.21. The number of hydrogen-bond acceptors (Lipinski definition) is 3. The molecule has 2 N–H and O–H groups in total. The van der Waals surface area contributed by atoms with Crippen molar-refractivity contribution in [3.8, 4) is 11.4 Å². The maximum Gasteiger partial charge on any atom is 0.168 e. The fourth-order valence-electron chi connectivity index (χ4n) is 1.89. The van der Waals surface area contributed by atoms with Crippen molar-refractivity contribution in [2.45, 2.75) is 6.92 Å². The second kappa shape index (κ2) is 3.99. The van der Waals surface area contributed by atoms with Crippen LogP contribution in [0, 0.1) is 6.92 Å². The van der Waals surface area contributed by atoms with E-state index in [2.05, 4.69) is 10.2 Å². The molecule has 0 aliphatic rings. The van der Waals surface area contributed by atoms with E-state index in [0.717, 1.165) is 27.6 Å². The summed E-state index contributed by atoms with van der Waals surface area (Å²) >= 11 is 6.02. The Morgan fingerprint density at radius 3 is 2.78 bits per heavy atom. The third-order valence-electron chi connectivity index (χ3n) is 2.84. The second-order valence-corrected chi connectivity index (χ2v) is 4.59. The van der Waals surface area contributed by atoms with Crippen LogP contribution in [0.4, 0.5) is 5.69 Å². The molecule has 0 aliphatic heterocycles. The monoisotopic (exact) mass is 258 g/mol. The molecule has 0 saturated carbocycles. The predicted molar refractivity (Wildman–Crippen MR) is 72.6 cm³/mol. The number of benzene rings is 1. The minimum atomic E-state index is 0.675. The standard InChI is InChI=1S/C13H11ClN4/c1-8-6-9(2-4-11(8)14)13-17-16-12-5-3-10(15)7-18(12)13/h2-7H,15H2,1H3. The van der Waals surface area contributed by atoms with Crippen molar-refractivity contribution in [3.05, 3.63) is 47.1 Å². The second-order valence-electron chi connectivity index (χ2n) is 4.18. The van der Waals surface area contributed by atoms with E-state index >= 15 is 0 Å². The zero-order chi connectivity index (χ0) is 12.7. The molecule has 0 fully saturated rings. The first-order chi connectivity index (χ1) is 8.65. The Balaban J connectivity index is 2.24. The summed E-state index contributed by atoms with van der Waals surface area (Å²) in [6, 6.07) is 9.42. The molecule has 0 unspecified atom stereocenters. The van der Waals surface area contributed by atoms with Gasteiger partial charge in [-0.05, 0) is 42.8 Å². The first-order valence-corrected chi connectivity index (χ1v) is 5.90. The quantitative estimate of drug-likeness (QED) is 0.730. The van der Waals surface area contributed by atoms with Crippen LogP contribution in [0.2, 0.25) is 5.02 Å². The Kier molecular flexibility index (Phi) is 2.45. The van der Waals surface area contributed by atoms with Crippen molar-refractivity contribution in [1.29, 1.82) is 0 Å². The van der Waals surface area contributed by atoms with Crippen LogP contribution in [0.5, 0.6) is 0 Å². The van der Waals surface area contributed by atoms with E-state index in [9.17, 15) is 0 Å². The number of rotatable bonds is 1. The SMILES string of the molecule is Cc1cc(-c2nnc3ccc(N)cn23)ccc1Cl. The molecule has 0 saturated heterocycles. The van der Waals surface area contributed by atoms with Crippen molar-refractivity contribution in [1.82, 2.24) is 14.6 Å². The highest BCUT2D eigenvalue weighted by Gasteiger charge is 2.09. The van der Waals surface area contributed by atoms with Gasteiger partial charge in [0.15, 0.2) is 11.5 Å². The molecule has 18 heavy (non-hydrogen) atoms. The van der Waals surface area contributed by atoms with E-state index in [4.69, 9.17) is 17.3 Å². The lowest BCUT2D eigenvalue weighted by molar-refractivity contribution is 1.11. The van der Waals surface area contributed by atoms with Crippen LogP contribution in [-0.4, -0.2) is 14.6 Å². The number of nitrogens with zero attached hydrogens (tertiary/aromatic N) is 3. The lowest BCUT2D eigenvalue weighted by Gasteiger charge is -2.03. The molecule has 4 nitrogen and oxygen atoms in total. The molecule has 2 heterocycles. The first kappa shape index (κ1) is 11.0. The van der Waals surface area contributed by atoms with Gasteiger partial charge in [0.2, 0.25) is 0 Å². The zero-order valence-electron chi connectivity index (χ0n) is 9.76. The highest BCUT2D eigenvalue weighted by Crippen LogP contribution is 2.24. The molecular weight excluding hydrogens is 248 g/mol. The molecule has 3 aromatic rings. The normalized spacial score (nSPS) is 11.0. The summed E-state index contributed by atoms with van der Waals surface area (Å²) in [6.45, 7) is 1.96.